The molecule has 20 heavy (non-hydrogen) atoms. The topological polar surface area (TPSA) is 33.1 Å². The van der Waals surface area contributed by atoms with E-state index in [4.69, 9.17) is 0 Å². The number of rotatable bonds is 8. The SMILES string of the molecule is CCCCN(CC1CCCN1)C(C)c1cnn(CC)c1. The Balaban J connectivity index is 1.99. The molecule has 2 rings (SSSR count). The van der Waals surface area contributed by atoms with E-state index in [2.05, 4.69) is 42.3 Å². The van der Waals surface area contributed by atoms with Crippen LogP contribution in [0.25, 0.3) is 0 Å². The highest BCUT2D eigenvalue weighted by molar-refractivity contribution is 5.09. The van der Waals surface area contributed by atoms with Crippen molar-refractivity contribution in [2.45, 2.75) is 65.1 Å². The second-order valence-corrected chi connectivity index (χ2v) is 5.95. The van der Waals surface area contributed by atoms with Crippen LogP contribution >= 0.6 is 0 Å². The van der Waals surface area contributed by atoms with Gasteiger partial charge in [0.05, 0.1) is 6.20 Å². The van der Waals surface area contributed by atoms with Gasteiger partial charge in [-0.25, -0.2) is 0 Å². The molecule has 4 heteroatoms. The van der Waals surface area contributed by atoms with Crippen molar-refractivity contribution in [3.05, 3.63) is 18.0 Å². The molecule has 0 spiro atoms. The first kappa shape index (κ1) is 15.5. The van der Waals surface area contributed by atoms with Gasteiger partial charge in [0.15, 0.2) is 0 Å². The fourth-order valence-corrected chi connectivity index (χ4v) is 2.98. The molecular formula is C16H30N4. The van der Waals surface area contributed by atoms with Gasteiger partial charge in [0, 0.05) is 36.9 Å². The Morgan fingerprint density at radius 3 is 2.95 bits per heavy atom. The molecule has 0 bridgehead atoms. The third-order valence-corrected chi connectivity index (χ3v) is 4.42. The molecule has 0 aromatic carbocycles. The lowest BCUT2D eigenvalue weighted by molar-refractivity contribution is 0.189. The van der Waals surface area contributed by atoms with Crippen LogP contribution in [0.5, 0.6) is 0 Å². The Morgan fingerprint density at radius 2 is 2.35 bits per heavy atom. The van der Waals surface area contributed by atoms with Crippen molar-refractivity contribution in [1.82, 2.24) is 20.0 Å². The van der Waals surface area contributed by atoms with E-state index in [1.165, 1.54) is 50.9 Å². The number of unbranched alkanes of at least 4 members (excludes halogenated alkanes) is 1. The summed E-state index contributed by atoms with van der Waals surface area (Å²) >= 11 is 0. The summed E-state index contributed by atoms with van der Waals surface area (Å²) in [5.41, 5.74) is 1.35. The smallest absolute Gasteiger partial charge is 0.0537 e. The predicted molar refractivity (Wildman–Crippen MR) is 83.8 cm³/mol. The van der Waals surface area contributed by atoms with E-state index in [0.29, 0.717) is 12.1 Å². The Kier molecular flexibility index (Phi) is 6.05. The van der Waals surface area contributed by atoms with Gasteiger partial charge < -0.3 is 5.32 Å². The Morgan fingerprint density at radius 1 is 1.50 bits per heavy atom. The zero-order chi connectivity index (χ0) is 14.4. The molecule has 0 radical (unpaired) electrons. The van der Waals surface area contributed by atoms with Crippen molar-refractivity contribution < 1.29 is 0 Å². The molecule has 2 heterocycles. The summed E-state index contributed by atoms with van der Waals surface area (Å²) in [4.78, 5) is 2.63. The number of hydrogen-bond acceptors (Lipinski definition) is 3. The summed E-state index contributed by atoms with van der Waals surface area (Å²) in [6, 6.07) is 1.14. The minimum atomic E-state index is 0.462. The first-order valence-corrected chi connectivity index (χ1v) is 8.24. The van der Waals surface area contributed by atoms with E-state index < -0.39 is 0 Å². The number of aromatic nitrogens is 2. The van der Waals surface area contributed by atoms with Gasteiger partial charge in [0.1, 0.15) is 0 Å². The quantitative estimate of drug-likeness (QED) is 0.794. The maximum absolute atomic E-state index is 4.42. The lowest BCUT2D eigenvalue weighted by Crippen LogP contribution is -2.39. The molecule has 1 aromatic rings. The highest BCUT2D eigenvalue weighted by atomic mass is 15.3. The van der Waals surface area contributed by atoms with Crippen LogP contribution in [0.4, 0.5) is 0 Å². The van der Waals surface area contributed by atoms with E-state index in [-0.39, 0.29) is 0 Å². The van der Waals surface area contributed by atoms with Crippen LogP contribution in [0.15, 0.2) is 12.4 Å². The summed E-state index contributed by atoms with van der Waals surface area (Å²) in [6.07, 6.45) is 9.42. The van der Waals surface area contributed by atoms with Crippen LogP contribution in [0.1, 0.15) is 58.1 Å². The summed E-state index contributed by atoms with van der Waals surface area (Å²) in [5, 5.41) is 8.05. The van der Waals surface area contributed by atoms with Crippen LogP contribution in [0.2, 0.25) is 0 Å². The Bertz CT molecular complexity index is 382. The first-order valence-electron chi connectivity index (χ1n) is 8.24. The van der Waals surface area contributed by atoms with Gasteiger partial charge >= 0.3 is 0 Å². The molecule has 1 aliphatic rings. The summed E-state index contributed by atoms with van der Waals surface area (Å²) in [7, 11) is 0. The molecule has 0 saturated carbocycles. The van der Waals surface area contributed by atoms with Crippen molar-refractivity contribution in [3.63, 3.8) is 0 Å². The fourth-order valence-electron chi connectivity index (χ4n) is 2.98. The Hall–Kier alpha value is -0.870. The van der Waals surface area contributed by atoms with Gasteiger partial charge in [-0.3, -0.25) is 9.58 Å². The molecule has 0 aliphatic carbocycles. The van der Waals surface area contributed by atoms with E-state index >= 15 is 0 Å². The van der Waals surface area contributed by atoms with E-state index in [9.17, 15) is 0 Å². The van der Waals surface area contributed by atoms with Crippen molar-refractivity contribution in [3.8, 4) is 0 Å². The van der Waals surface area contributed by atoms with Gasteiger partial charge in [-0.15, -0.1) is 0 Å². The average molecular weight is 278 g/mol. The summed E-state index contributed by atoms with van der Waals surface area (Å²) in [6.45, 7) is 11.2. The van der Waals surface area contributed by atoms with Crippen molar-refractivity contribution in [2.24, 2.45) is 0 Å². The first-order chi connectivity index (χ1) is 9.74. The van der Waals surface area contributed by atoms with E-state index in [0.717, 1.165) is 6.54 Å². The van der Waals surface area contributed by atoms with Gasteiger partial charge in [-0.05, 0) is 46.2 Å². The van der Waals surface area contributed by atoms with Crippen LogP contribution in [-0.4, -0.2) is 40.4 Å². The number of hydrogen-bond donors (Lipinski definition) is 1. The summed E-state index contributed by atoms with van der Waals surface area (Å²) < 4.78 is 2.03. The van der Waals surface area contributed by atoms with Crippen LogP contribution in [0, 0.1) is 0 Å². The van der Waals surface area contributed by atoms with E-state index in [1.54, 1.807) is 0 Å². The lowest BCUT2D eigenvalue weighted by Gasteiger charge is -2.31. The Labute approximate surface area is 123 Å². The fraction of sp³-hybridized carbons (Fsp3) is 0.812. The van der Waals surface area contributed by atoms with Gasteiger partial charge in [-0.2, -0.15) is 5.10 Å². The third kappa shape index (κ3) is 4.06. The third-order valence-electron chi connectivity index (χ3n) is 4.42. The monoisotopic (exact) mass is 278 g/mol. The molecule has 1 saturated heterocycles. The van der Waals surface area contributed by atoms with Crippen molar-refractivity contribution in [2.75, 3.05) is 19.6 Å². The molecule has 1 N–H and O–H groups in total. The maximum Gasteiger partial charge on any atom is 0.0537 e. The van der Waals surface area contributed by atoms with Crippen molar-refractivity contribution in [1.29, 1.82) is 0 Å². The highest BCUT2D eigenvalue weighted by Crippen LogP contribution is 2.22. The van der Waals surface area contributed by atoms with Crippen LogP contribution in [-0.2, 0) is 6.54 Å². The van der Waals surface area contributed by atoms with Crippen molar-refractivity contribution >= 4 is 0 Å². The molecule has 1 aromatic heterocycles. The molecule has 1 aliphatic heterocycles. The maximum atomic E-state index is 4.42. The summed E-state index contributed by atoms with van der Waals surface area (Å²) in [5.74, 6) is 0. The largest absolute Gasteiger partial charge is 0.313 e. The second kappa shape index (κ2) is 7.79. The normalized spacial score (nSPS) is 20.7. The minimum absolute atomic E-state index is 0.462. The molecule has 1 fully saturated rings. The van der Waals surface area contributed by atoms with Crippen LogP contribution < -0.4 is 5.32 Å². The standard InChI is InChI=1S/C16H30N4/c1-4-6-10-19(13-16-8-7-9-17-16)14(3)15-11-18-20(5-2)12-15/h11-12,14,16-17H,4-10,13H2,1-3H3. The number of aryl methyl sites for hydroxylation is 1. The van der Waals surface area contributed by atoms with Gasteiger partial charge in [-0.1, -0.05) is 13.3 Å². The molecule has 4 nitrogen and oxygen atoms in total. The lowest BCUT2D eigenvalue weighted by atomic mass is 10.1. The van der Waals surface area contributed by atoms with E-state index in [1.807, 2.05) is 10.9 Å². The highest BCUT2D eigenvalue weighted by Gasteiger charge is 2.22. The zero-order valence-electron chi connectivity index (χ0n) is 13.3. The minimum Gasteiger partial charge on any atom is -0.313 e. The number of nitrogens with zero attached hydrogens (tertiary/aromatic N) is 3. The second-order valence-electron chi connectivity index (χ2n) is 5.95. The molecule has 2 unspecified atom stereocenters. The number of nitrogens with one attached hydrogen (secondary N) is 1. The molecular weight excluding hydrogens is 248 g/mol. The molecule has 2 atom stereocenters. The molecule has 114 valence electrons. The predicted octanol–water partition coefficient (Wildman–Crippen LogP) is 2.82. The van der Waals surface area contributed by atoms with Gasteiger partial charge in [0.25, 0.3) is 0 Å². The van der Waals surface area contributed by atoms with Gasteiger partial charge in [0.2, 0.25) is 0 Å². The zero-order valence-corrected chi connectivity index (χ0v) is 13.3. The van der Waals surface area contributed by atoms with Crippen LogP contribution in [0.3, 0.4) is 0 Å². The molecule has 0 amide bonds. The average Bonchev–Trinajstić information content (AvgIpc) is 3.13.